The zero-order valence-electron chi connectivity index (χ0n) is 16.6. The van der Waals surface area contributed by atoms with E-state index >= 15 is 0 Å². The van der Waals surface area contributed by atoms with Crippen molar-refractivity contribution >= 4 is 17.7 Å². The van der Waals surface area contributed by atoms with E-state index in [9.17, 15) is 9.18 Å². The van der Waals surface area contributed by atoms with Gasteiger partial charge in [-0.05, 0) is 80.9 Å². The van der Waals surface area contributed by atoms with Crippen molar-refractivity contribution in [3.05, 3.63) is 41.5 Å². The number of amides is 1. The van der Waals surface area contributed by atoms with Crippen LogP contribution in [0.3, 0.4) is 0 Å². The van der Waals surface area contributed by atoms with Crippen LogP contribution in [0.15, 0.2) is 33.9 Å². The molecule has 4 bridgehead atoms. The Kier molecular flexibility index (Phi) is 4.88. The maximum atomic E-state index is 13.0. The zero-order valence-corrected chi connectivity index (χ0v) is 17.4. The summed E-state index contributed by atoms with van der Waals surface area (Å²) in [4.78, 5) is 12.4. The molecule has 0 unspecified atom stereocenters. The molecule has 0 saturated heterocycles. The van der Waals surface area contributed by atoms with Crippen molar-refractivity contribution in [2.24, 2.45) is 17.8 Å². The van der Waals surface area contributed by atoms with Crippen LogP contribution in [0.25, 0.3) is 0 Å². The summed E-state index contributed by atoms with van der Waals surface area (Å²) in [6.07, 6.45) is 7.66. The fourth-order valence-corrected chi connectivity index (χ4v) is 6.69. The summed E-state index contributed by atoms with van der Waals surface area (Å²) in [5.74, 6) is 2.86. The van der Waals surface area contributed by atoms with Crippen molar-refractivity contribution in [1.82, 2.24) is 15.5 Å². The zero-order chi connectivity index (χ0) is 20.0. The van der Waals surface area contributed by atoms with Crippen molar-refractivity contribution in [3.8, 4) is 0 Å². The highest BCUT2D eigenvalue weighted by atomic mass is 32.2. The van der Waals surface area contributed by atoms with Crippen LogP contribution in [0.1, 0.15) is 56.9 Å². The number of nitrogens with zero attached hydrogens (tertiary/aromatic N) is 2. The van der Waals surface area contributed by atoms with Crippen LogP contribution in [0.4, 0.5) is 4.39 Å². The van der Waals surface area contributed by atoms with E-state index < -0.39 is 0 Å². The molecule has 1 aromatic carbocycles. The van der Waals surface area contributed by atoms with Gasteiger partial charge in [-0.25, -0.2) is 4.39 Å². The summed E-state index contributed by atoms with van der Waals surface area (Å²) in [6.45, 7) is 2.20. The molecule has 0 aliphatic heterocycles. The minimum absolute atomic E-state index is 0.0780. The first-order chi connectivity index (χ1) is 14.0. The van der Waals surface area contributed by atoms with Gasteiger partial charge >= 0.3 is 0 Å². The second-order valence-electron chi connectivity index (χ2n) is 9.18. The van der Waals surface area contributed by atoms with Gasteiger partial charge < -0.3 is 9.73 Å². The van der Waals surface area contributed by atoms with Gasteiger partial charge in [0.25, 0.3) is 5.22 Å². The molecule has 1 N–H and O–H groups in total. The summed E-state index contributed by atoms with van der Waals surface area (Å²) >= 11 is 1.30. The van der Waals surface area contributed by atoms with Gasteiger partial charge in [-0.1, -0.05) is 23.9 Å². The maximum Gasteiger partial charge on any atom is 0.277 e. The highest BCUT2D eigenvalue weighted by molar-refractivity contribution is 8.00. The number of carbonyl (C=O) groups excluding carboxylic acids is 1. The normalized spacial score (nSPS) is 31.0. The van der Waals surface area contributed by atoms with Gasteiger partial charge in [0.15, 0.2) is 0 Å². The molecule has 4 saturated carbocycles. The van der Waals surface area contributed by atoms with E-state index in [4.69, 9.17) is 4.42 Å². The highest BCUT2D eigenvalue weighted by Gasteiger charge is 2.54. The van der Waals surface area contributed by atoms with Gasteiger partial charge in [-0.3, -0.25) is 4.79 Å². The number of carbonyl (C=O) groups is 1. The average Bonchev–Trinajstić information content (AvgIpc) is 3.15. The van der Waals surface area contributed by atoms with Gasteiger partial charge in [0.2, 0.25) is 11.8 Å². The van der Waals surface area contributed by atoms with Crippen LogP contribution in [-0.2, 0) is 16.8 Å². The summed E-state index contributed by atoms with van der Waals surface area (Å²) < 4.78 is 19.1. The lowest BCUT2D eigenvalue weighted by atomic mass is 9.49. The smallest absolute Gasteiger partial charge is 0.277 e. The Morgan fingerprint density at radius 3 is 2.41 bits per heavy atom. The number of benzene rings is 1. The molecule has 4 fully saturated rings. The topological polar surface area (TPSA) is 68.0 Å². The molecule has 1 heterocycles. The van der Waals surface area contributed by atoms with Crippen LogP contribution in [0.2, 0.25) is 0 Å². The minimum atomic E-state index is -0.347. The molecule has 4 aliphatic rings. The molecule has 1 aromatic heterocycles. The Bertz CT molecular complexity index is 862. The maximum absolute atomic E-state index is 13.0. The number of hydrogen-bond acceptors (Lipinski definition) is 5. The molecule has 0 radical (unpaired) electrons. The molecule has 1 amide bonds. The summed E-state index contributed by atoms with van der Waals surface area (Å²) in [5, 5.41) is 11.7. The van der Waals surface area contributed by atoms with E-state index in [1.807, 2.05) is 6.92 Å². The van der Waals surface area contributed by atoms with Gasteiger partial charge in [0, 0.05) is 12.0 Å². The summed E-state index contributed by atoms with van der Waals surface area (Å²) in [7, 11) is 0. The molecule has 7 heteroatoms. The summed E-state index contributed by atoms with van der Waals surface area (Å²) in [5.41, 5.74) is 0.938. The average molecular weight is 416 g/mol. The van der Waals surface area contributed by atoms with Crippen LogP contribution in [0.5, 0.6) is 0 Å². The molecule has 1 atom stereocenters. The first-order valence-corrected chi connectivity index (χ1v) is 11.4. The van der Waals surface area contributed by atoms with Gasteiger partial charge in [-0.2, -0.15) is 0 Å². The molecule has 2 aromatic rings. The van der Waals surface area contributed by atoms with Crippen LogP contribution in [0, 0.1) is 23.6 Å². The number of halogens is 1. The van der Waals surface area contributed by atoms with Crippen LogP contribution < -0.4 is 5.32 Å². The van der Waals surface area contributed by atoms with E-state index in [1.165, 1.54) is 62.4 Å². The number of nitrogens with one attached hydrogen (secondary N) is 1. The SMILES string of the molecule is C[C@H](Sc1nnc(C23CC4CC(CC(C4)C2)C3)o1)C(=O)NCc1ccc(F)cc1. The number of aromatic nitrogens is 2. The Balaban J connectivity index is 1.20. The first kappa shape index (κ1) is 19.1. The Morgan fingerprint density at radius 2 is 1.79 bits per heavy atom. The van der Waals surface area contributed by atoms with E-state index in [0.717, 1.165) is 29.2 Å². The lowest BCUT2D eigenvalue weighted by Gasteiger charge is -2.55. The third-order valence-corrected chi connectivity index (χ3v) is 7.86. The Labute approximate surface area is 174 Å². The lowest BCUT2D eigenvalue weighted by Crippen LogP contribution is -2.48. The second-order valence-corrected chi connectivity index (χ2v) is 10.5. The molecule has 0 spiro atoms. The van der Waals surface area contributed by atoms with Crippen molar-refractivity contribution < 1.29 is 13.6 Å². The molecule has 4 aliphatic carbocycles. The van der Waals surface area contributed by atoms with Crippen LogP contribution in [-0.4, -0.2) is 21.4 Å². The number of hydrogen-bond donors (Lipinski definition) is 1. The lowest BCUT2D eigenvalue weighted by molar-refractivity contribution is -0.120. The molecule has 29 heavy (non-hydrogen) atoms. The standard InChI is InChI=1S/C22H26FN3O2S/c1-13(19(27)24-12-14-2-4-18(23)5-3-14)29-21-26-25-20(28-21)22-9-15-6-16(10-22)8-17(7-15)11-22/h2-5,13,15-17H,6-12H2,1H3,(H,24,27)/t13-,15?,16?,17?,22?/m0/s1. The fourth-order valence-electron chi connectivity index (χ4n) is 5.98. The number of thioether (sulfide) groups is 1. The van der Waals surface area contributed by atoms with Crippen molar-refractivity contribution in [3.63, 3.8) is 0 Å². The van der Waals surface area contributed by atoms with Crippen molar-refractivity contribution in [2.45, 2.75) is 67.9 Å². The van der Waals surface area contributed by atoms with E-state index in [-0.39, 0.29) is 22.4 Å². The van der Waals surface area contributed by atoms with Crippen molar-refractivity contribution in [1.29, 1.82) is 0 Å². The Hall–Kier alpha value is -1.89. The second kappa shape index (κ2) is 7.42. The van der Waals surface area contributed by atoms with Gasteiger partial charge in [0.1, 0.15) is 5.82 Å². The predicted molar refractivity (Wildman–Crippen MR) is 108 cm³/mol. The Morgan fingerprint density at radius 1 is 1.17 bits per heavy atom. The van der Waals surface area contributed by atoms with Gasteiger partial charge in [-0.15, -0.1) is 10.2 Å². The third-order valence-electron chi connectivity index (χ3n) is 6.93. The third kappa shape index (κ3) is 3.81. The van der Waals surface area contributed by atoms with E-state index in [2.05, 4.69) is 15.5 Å². The molecular formula is C22H26FN3O2S. The molecule has 6 rings (SSSR count). The van der Waals surface area contributed by atoms with Crippen LogP contribution >= 0.6 is 11.8 Å². The first-order valence-electron chi connectivity index (χ1n) is 10.5. The predicted octanol–water partition coefficient (Wildman–Crippen LogP) is 4.47. The molecule has 154 valence electrons. The quantitative estimate of drug-likeness (QED) is 0.705. The largest absolute Gasteiger partial charge is 0.415 e. The van der Waals surface area contributed by atoms with E-state index in [1.54, 1.807) is 12.1 Å². The summed E-state index contributed by atoms with van der Waals surface area (Å²) in [6, 6.07) is 6.13. The van der Waals surface area contributed by atoms with Gasteiger partial charge in [0.05, 0.1) is 5.25 Å². The monoisotopic (exact) mass is 415 g/mol. The van der Waals surface area contributed by atoms with E-state index in [0.29, 0.717) is 11.8 Å². The minimum Gasteiger partial charge on any atom is -0.415 e. The molecule has 5 nitrogen and oxygen atoms in total. The number of rotatable bonds is 6. The molecular weight excluding hydrogens is 389 g/mol. The highest BCUT2D eigenvalue weighted by Crippen LogP contribution is 2.60. The van der Waals surface area contributed by atoms with Crippen molar-refractivity contribution in [2.75, 3.05) is 0 Å². The fraction of sp³-hybridized carbons (Fsp3) is 0.591.